The zero-order valence-corrected chi connectivity index (χ0v) is 6.57. The molecular formula is C9H13N. The van der Waals surface area contributed by atoms with Crippen LogP contribution in [-0.2, 0) is 0 Å². The van der Waals surface area contributed by atoms with Crippen LogP contribution < -0.4 is 0 Å². The van der Waals surface area contributed by atoms with E-state index in [-0.39, 0.29) is 0 Å². The maximum absolute atomic E-state index is 7.52. The van der Waals surface area contributed by atoms with E-state index in [9.17, 15) is 0 Å². The van der Waals surface area contributed by atoms with E-state index in [1.807, 2.05) is 13.0 Å². The average molecular weight is 135 g/mol. The molecule has 0 aromatic carbocycles. The lowest BCUT2D eigenvalue weighted by atomic mass is 10.1. The Bertz CT molecular complexity index is 209. The summed E-state index contributed by atoms with van der Waals surface area (Å²) in [5.74, 6) is 0. The molecule has 1 aliphatic carbocycles. The third kappa shape index (κ3) is 1.56. The van der Waals surface area contributed by atoms with Crippen LogP contribution in [0.15, 0.2) is 23.3 Å². The summed E-state index contributed by atoms with van der Waals surface area (Å²) in [5, 5.41) is 7.52. The smallest absolute Gasteiger partial charge is 0.0565 e. The first kappa shape index (κ1) is 7.26. The van der Waals surface area contributed by atoms with Crippen molar-refractivity contribution >= 4 is 5.71 Å². The van der Waals surface area contributed by atoms with Crippen LogP contribution in [0.25, 0.3) is 0 Å². The van der Waals surface area contributed by atoms with Crippen LogP contribution in [0.5, 0.6) is 0 Å². The predicted octanol–water partition coefficient (Wildman–Crippen LogP) is 2.69. The second-order valence-electron chi connectivity index (χ2n) is 2.83. The lowest BCUT2D eigenvalue weighted by Crippen LogP contribution is -1.91. The molecule has 0 aromatic heterocycles. The summed E-state index contributed by atoms with van der Waals surface area (Å²) >= 11 is 0. The second-order valence-corrected chi connectivity index (χ2v) is 2.83. The van der Waals surface area contributed by atoms with Crippen molar-refractivity contribution in [2.45, 2.75) is 26.7 Å². The molecule has 0 heterocycles. The highest BCUT2D eigenvalue weighted by Gasteiger charge is 2.00. The van der Waals surface area contributed by atoms with Gasteiger partial charge in [-0.15, -0.1) is 0 Å². The monoisotopic (exact) mass is 135 g/mol. The standard InChI is InChI=1S/C9H13N/c1-7-4-3-5-8(2)9(10)6-7/h5-6,10H,3-4H2,1-2H3. The molecule has 1 N–H and O–H groups in total. The van der Waals surface area contributed by atoms with Crippen molar-refractivity contribution in [3.63, 3.8) is 0 Å². The molecule has 54 valence electrons. The Morgan fingerprint density at radius 2 is 2.10 bits per heavy atom. The van der Waals surface area contributed by atoms with Crippen LogP contribution >= 0.6 is 0 Å². The van der Waals surface area contributed by atoms with E-state index in [0.717, 1.165) is 18.4 Å². The van der Waals surface area contributed by atoms with E-state index in [1.54, 1.807) is 0 Å². The first-order valence-corrected chi connectivity index (χ1v) is 3.63. The summed E-state index contributed by atoms with van der Waals surface area (Å²) in [7, 11) is 0. The lowest BCUT2D eigenvalue weighted by Gasteiger charge is -1.93. The van der Waals surface area contributed by atoms with Gasteiger partial charge in [-0.2, -0.15) is 0 Å². The third-order valence-corrected chi connectivity index (χ3v) is 1.80. The molecule has 0 saturated carbocycles. The molecule has 0 bridgehead atoms. The molecule has 0 radical (unpaired) electrons. The quantitative estimate of drug-likeness (QED) is 0.528. The molecule has 0 atom stereocenters. The van der Waals surface area contributed by atoms with Gasteiger partial charge in [-0.05, 0) is 38.3 Å². The Morgan fingerprint density at radius 1 is 1.40 bits per heavy atom. The van der Waals surface area contributed by atoms with Gasteiger partial charge in [0.05, 0.1) is 5.71 Å². The van der Waals surface area contributed by atoms with E-state index >= 15 is 0 Å². The van der Waals surface area contributed by atoms with Crippen molar-refractivity contribution in [2.24, 2.45) is 0 Å². The van der Waals surface area contributed by atoms with Crippen LogP contribution in [0, 0.1) is 5.41 Å². The summed E-state index contributed by atoms with van der Waals surface area (Å²) in [6.07, 6.45) is 6.30. The normalized spacial score (nSPS) is 19.6. The van der Waals surface area contributed by atoms with Crippen LogP contribution in [0.4, 0.5) is 0 Å². The molecule has 0 spiro atoms. The summed E-state index contributed by atoms with van der Waals surface area (Å²) in [6, 6.07) is 0. The summed E-state index contributed by atoms with van der Waals surface area (Å²) in [6.45, 7) is 4.08. The lowest BCUT2D eigenvalue weighted by molar-refractivity contribution is 0.982. The van der Waals surface area contributed by atoms with E-state index in [1.165, 1.54) is 5.57 Å². The zero-order valence-electron chi connectivity index (χ0n) is 6.57. The van der Waals surface area contributed by atoms with Gasteiger partial charge in [0.2, 0.25) is 0 Å². The van der Waals surface area contributed by atoms with Crippen molar-refractivity contribution in [3.8, 4) is 0 Å². The van der Waals surface area contributed by atoms with Crippen molar-refractivity contribution in [3.05, 3.63) is 23.3 Å². The Kier molecular flexibility index (Phi) is 2.05. The minimum atomic E-state index is 0.676. The number of hydrogen-bond acceptors (Lipinski definition) is 1. The molecule has 0 amide bonds. The number of nitrogens with one attached hydrogen (secondary N) is 1. The first-order chi connectivity index (χ1) is 4.70. The molecule has 0 aliphatic heterocycles. The molecule has 10 heavy (non-hydrogen) atoms. The van der Waals surface area contributed by atoms with Crippen LogP contribution in [0.2, 0.25) is 0 Å². The van der Waals surface area contributed by atoms with Crippen LogP contribution in [0.3, 0.4) is 0 Å². The van der Waals surface area contributed by atoms with Crippen molar-refractivity contribution < 1.29 is 0 Å². The Hall–Kier alpha value is -0.850. The Morgan fingerprint density at radius 3 is 2.80 bits per heavy atom. The van der Waals surface area contributed by atoms with E-state index in [4.69, 9.17) is 5.41 Å². The molecule has 1 aliphatic rings. The average Bonchev–Trinajstić information content (AvgIpc) is 1.96. The molecule has 0 aromatic rings. The van der Waals surface area contributed by atoms with Gasteiger partial charge in [-0.25, -0.2) is 0 Å². The number of rotatable bonds is 0. The van der Waals surface area contributed by atoms with Gasteiger partial charge in [0, 0.05) is 0 Å². The highest BCUT2D eigenvalue weighted by molar-refractivity contribution is 6.06. The van der Waals surface area contributed by atoms with Crippen LogP contribution in [0.1, 0.15) is 26.7 Å². The SMILES string of the molecule is CC1=CC(=N)C(C)=CCC1. The highest BCUT2D eigenvalue weighted by Crippen LogP contribution is 2.13. The van der Waals surface area contributed by atoms with Crippen molar-refractivity contribution in [2.75, 3.05) is 0 Å². The van der Waals surface area contributed by atoms with E-state index in [0.29, 0.717) is 5.71 Å². The minimum absolute atomic E-state index is 0.676. The van der Waals surface area contributed by atoms with Gasteiger partial charge in [-0.3, -0.25) is 0 Å². The fourth-order valence-corrected chi connectivity index (χ4v) is 1.06. The molecule has 0 unspecified atom stereocenters. The zero-order chi connectivity index (χ0) is 7.56. The number of hydrogen-bond donors (Lipinski definition) is 1. The minimum Gasteiger partial charge on any atom is -0.301 e. The molecule has 1 nitrogen and oxygen atoms in total. The molecule has 0 fully saturated rings. The number of allylic oxidation sites excluding steroid dienone is 4. The maximum Gasteiger partial charge on any atom is 0.0565 e. The molecule has 0 saturated heterocycles. The third-order valence-electron chi connectivity index (χ3n) is 1.80. The van der Waals surface area contributed by atoms with Crippen molar-refractivity contribution in [1.82, 2.24) is 0 Å². The first-order valence-electron chi connectivity index (χ1n) is 3.63. The highest BCUT2D eigenvalue weighted by atomic mass is 14.4. The fourth-order valence-electron chi connectivity index (χ4n) is 1.06. The maximum atomic E-state index is 7.52. The van der Waals surface area contributed by atoms with Gasteiger partial charge in [0.15, 0.2) is 0 Å². The van der Waals surface area contributed by atoms with E-state index < -0.39 is 0 Å². The van der Waals surface area contributed by atoms with Gasteiger partial charge >= 0.3 is 0 Å². The van der Waals surface area contributed by atoms with Gasteiger partial charge in [-0.1, -0.05) is 11.6 Å². The second kappa shape index (κ2) is 2.82. The largest absolute Gasteiger partial charge is 0.301 e. The summed E-state index contributed by atoms with van der Waals surface area (Å²) in [4.78, 5) is 0. The summed E-state index contributed by atoms with van der Waals surface area (Å²) in [5.41, 5.74) is 3.10. The van der Waals surface area contributed by atoms with Crippen molar-refractivity contribution in [1.29, 1.82) is 5.41 Å². The Balaban J connectivity index is 2.85. The molecule has 1 rings (SSSR count). The molecule has 1 heteroatoms. The van der Waals surface area contributed by atoms with E-state index in [2.05, 4.69) is 13.0 Å². The van der Waals surface area contributed by atoms with Crippen LogP contribution in [-0.4, -0.2) is 5.71 Å². The topological polar surface area (TPSA) is 23.9 Å². The Labute approximate surface area is 62.0 Å². The molecular weight excluding hydrogens is 122 g/mol. The summed E-state index contributed by atoms with van der Waals surface area (Å²) < 4.78 is 0. The van der Waals surface area contributed by atoms with Gasteiger partial charge in [0.25, 0.3) is 0 Å². The fraction of sp³-hybridized carbons (Fsp3) is 0.444. The predicted molar refractivity (Wildman–Crippen MR) is 44.5 cm³/mol. The van der Waals surface area contributed by atoms with Gasteiger partial charge in [0.1, 0.15) is 0 Å². The van der Waals surface area contributed by atoms with Gasteiger partial charge < -0.3 is 5.41 Å².